The van der Waals surface area contributed by atoms with Crippen LogP contribution in [0.15, 0.2) is 66.0 Å². The van der Waals surface area contributed by atoms with Gasteiger partial charge < -0.3 is 15.4 Å². The van der Waals surface area contributed by atoms with E-state index in [1.54, 1.807) is 11.8 Å². The predicted molar refractivity (Wildman–Crippen MR) is 126 cm³/mol. The average molecular weight is 461 g/mol. The number of methoxy groups -OCH3 is 1. The maximum Gasteiger partial charge on any atom is 0.261 e. The number of nitrogens with one attached hydrogen (secondary N) is 2. The van der Waals surface area contributed by atoms with Crippen molar-refractivity contribution in [1.82, 2.24) is 9.78 Å². The first-order chi connectivity index (χ1) is 16.3. The lowest BCUT2D eigenvalue weighted by molar-refractivity contribution is -0.118. The van der Waals surface area contributed by atoms with Crippen molar-refractivity contribution in [3.05, 3.63) is 82.9 Å². The molecule has 1 aromatic heterocycles. The number of hydrogen-bond acceptors (Lipinski definition) is 5. The molecule has 1 aliphatic carbocycles. The van der Waals surface area contributed by atoms with Crippen LogP contribution in [0.1, 0.15) is 48.7 Å². The van der Waals surface area contributed by atoms with Gasteiger partial charge in [0.15, 0.2) is 5.78 Å². The third-order valence-electron chi connectivity index (χ3n) is 6.28. The van der Waals surface area contributed by atoms with E-state index in [1.165, 1.54) is 30.5 Å². The molecule has 1 aliphatic heterocycles. The van der Waals surface area contributed by atoms with E-state index in [0.717, 1.165) is 11.3 Å². The van der Waals surface area contributed by atoms with Gasteiger partial charge in [0.2, 0.25) is 0 Å². The molecule has 0 fully saturated rings. The van der Waals surface area contributed by atoms with Crippen LogP contribution in [0.2, 0.25) is 0 Å². The third kappa shape index (κ3) is 3.85. The quantitative estimate of drug-likeness (QED) is 0.576. The molecule has 2 N–H and O–H groups in total. The summed E-state index contributed by atoms with van der Waals surface area (Å²) in [5.74, 6) is 0.541. The minimum atomic E-state index is -0.465. The van der Waals surface area contributed by atoms with Gasteiger partial charge in [-0.25, -0.2) is 9.07 Å². The first kappa shape index (κ1) is 21.9. The summed E-state index contributed by atoms with van der Waals surface area (Å²) in [5, 5.41) is 10.6. The van der Waals surface area contributed by atoms with Crippen LogP contribution in [0.5, 0.6) is 5.75 Å². The maximum absolute atomic E-state index is 13.3. The predicted octanol–water partition coefficient (Wildman–Crippen LogP) is 4.94. The van der Waals surface area contributed by atoms with Gasteiger partial charge in [-0.2, -0.15) is 5.10 Å². The summed E-state index contributed by atoms with van der Waals surface area (Å²) in [6, 6.07) is 12.6. The zero-order chi connectivity index (χ0) is 24.0. The Kier molecular flexibility index (Phi) is 5.23. The van der Waals surface area contributed by atoms with Crippen molar-refractivity contribution < 1.29 is 18.7 Å². The summed E-state index contributed by atoms with van der Waals surface area (Å²) < 4.78 is 20.2. The molecular weight excluding hydrogens is 435 g/mol. The molecule has 1 amide bonds. The van der Waals surface area contributed by atoms with Crippen molar-refractivity contribution in [1.29, 1.82) is 0 Å². The summed E-state index contributed by atoms with van der Waals surface area (Å²) in [5.41, 5.74) is 2.97. The SMILES string of the molecule is COc1ccc([C@H]2C3=C(CC(C)(C)CC3=O)Nc3c(C(=O)Nc4ccc(F)cc4)cnn32)cc1. The van der Waals surface area contributed by atoms with Gasteiger partial charge in [0, 0.05) is 23.4 Å². The van der Waals surface area contributed by atoms with Gasteiger partial charge in [-0.15, -0.1) is 0 Å². The van der Waals surface area contributed by atoms with E-state index in [9.17, 15) is 14.0 Å². The molecule has 7 nitrogen and oxygen atoms in total. The topological polar surface area (TPSA) is 85.2 Å². The second kappa shape index (κ2) is 8.13. The zero-order valence-corrected chi connectivity index (χ0v) is 19.2. The van der Waals surface area contributed by atoms with Crippen LogP contribution in [0.4, 0.5) is 15.9 Å². The minimum absolute atomic E-state index is 0.0676. The van der Waals surface area contributed by atoms with Gasteiger partial charge in [-0.05, 0) is 53.8 Å². The summed E-state index contributed by atoms with van der Waals surface area (Å²) in [4.78, 5) is 26.4. The van der Waals surface area contributed by atoms with E-state index in [4.69, 9.17) is 4.74 Å². The number of carbonyl (C=O) groups excluding carboxylic acids is 2. The second-order valence-electron chi connectivity index (χ2n) is 9.45. The highest BCUT2D eigenvalue weighted by atomic mass is 19.1. The lowest BCUT2D eigenvalue weighted by Crippen LogP contribution is -2.37. The Morgan fingerprint density at radius 2 is 1.85 bits per heavy atom. The Bertz CT molecular complexity index is 1310. The zero-order valence-electron chi connectivity index (χ0n) is 19.2. The molecule has 174 valence electrons. The van der Waals surface area contributed by atoms with Crippen LogP contribution in [0.25, 0.3) is 0 Å². The molecule has 8 heteroatoms. The molecule has 5 rings (SSSR count). The Morgan fingerprint density at radius 1 is 1.15 bits per heavy atom. The van der Waals surface area contributed by atoms with Gasteiger partial charge in [0.25, 0.3) is 5.91 Å². The van der Waals surface area contributed by atoms with Crippen molar-refractivity contribution >= 4 is 23.2 Å². The number of Topliss-reactive ketones (excluding diaryl/α,β-unsaturated/α-hetero) is 1. The number of allylic oxidation sites excluding steroid dienone is 2. The number of ether oxygens (including phenoxy) is 1. The molecular formula is C26H25FN4O3. The van der Waals surface area contributed by atoms with Gasteiger partial charge >= 0.3 is 0 Å². The third-order valence-corrected chi connectivity index (χ3v) is 6.28. The van der Waals surface area contributed by atoms with Crippen molar-refractivity contribution in [3.8, 4) is 5.75 Å². The molecule has 34 heavy (non-hydrogen) atoms. The van der Waals surface area contributed by atoms with E-state index in [-0.39, 0.29) is 22.9 Å². The van der Waals surface area contributed by atoms with E-state index in [2.05, 4.69) is 29.6 Å². The van der Waals surface area contributed by atoms with Gasteiger partial charge in [-0.1, -0.05) is 26.0 Å². The number of nitrogens with zero attached hydrogens (tertiary/aromatic N) is 2. The molecule has 0 saturated carbocycles. The molecule has 1 atom stereocenters. The van der Waals surface area contributed by atoms with Crippen LogP contribution in [-0.4, -0.2) is 28.6 Å². The number of halogens is 1. The first-order valence-corrected chi connectivity index (χ1v) is 11.1. The van der Waals surface area contributed by atoms with E-state index in [1.807, 2.05) is 24.3 Å². The second-order valence-corrected chi connectivity index (χ2v) is 9.45. The largest absolute Gasteiger partial charge is 0.497 e. The minimum Gasteiger partial charge on any atom is -0.497 e. The van der Waals surface area contributed by atoms with E-state index >= 15 is 0 Å². The smallest absolute Gasteiger partial charge is 0.261 e. The molecule has 2 aliphatic rings. The number of ketones is 1. The summed E-state index contributed by atoms with van der Waals surface area (Å²) >= 11 is 0. The molecule has 0 bridgehead atoms. The van der Waals surface area contributed by atoms with Crippen LogP contribution < -0.4 is 15.4 Å². The Balaban J connectivity index is 1.58. The number of anilines is 2. The van der Waals surface area contributed by atoms with Crippen LogP contribution in [-0.2, 0) is 4.79 Å². The first-order valence-electron chi connectivity index (χ1n) is 11.1. The molecule has 2 heterocycles. The fourth-order valence-electron chi connectivity index (χ4n) is 4.70. The highest BCUT2D eigenvalue weighted by molar-refractivity contribution is 6.08. The monoisotopic (exact) mass is 460 g/mol. The average Bonchev–Trinajstić information content (AvgIpc) is 3.22. The number of aromatic nitrogens is 2. The van der Waals surface area contributed by atoms with Crippen LogP contribution in [0, 0.1) is 11.2 Å². The molecule has 0 spiro atoms. The number of fused-ring (bicyclic) bond motifs is 1. The van der Waals surface area contributed by atoms with Crippen molar-refractivity contribution in [3.63, 3.8) is 0 Å². The Morgan fingerprint density at radius 3 is 2.53 bits per heavy atom. The highest BCUT2D eigenvalue weighted by Crippen LogP contribution is 2.46. The normalized spacial score (nSPS) is 18.6. The number of rotatable bonds is 4. The Labute approximate surface area is 196 Å². The lowest BCUT2D eigenvalue weighted by Gasteiger charge is -2.39. The van der Waals surface area contributed by atoms with Gasteiger partial charge in [0.05, 0.1) is 13.3 Å². The molecule has 3 aromatic rings. The molecule has 0 radical (unpaired) electrons. The number of amides is 1. The summed E-state index contributed by atoms with van der Waals surface area (Å²) in [6.45, 7) is 4.12. The van der Waals surface area contributed by atoms with Gasteiger partial charge in [-0.3, -0.25) is 9.59 Å². The van der Waals surface area contributed by atoms with E-state index < -0.39 is 6.04 Å². The number of benzene rings is 2. The van der Waals surface area contributed by atoms with Crippen LogP contribution in [0.3, 0.4) is 0 Å². The van der Waals surface area contributed by atoms with Crippen molar-refractivity contribution in [2.75, 3.05) is 17.7 Å². The van der Waals surface area contributed by atoms with E-state index in [0.29, 0.717) is 41.2 Å². The lowest BCUT2D eigenvalue weighted by atomic mass is 9.73. The fraction of sp³-hybridized carbons (Fsp3) is 0.269. The van der Waals surface area contributed by atoms with Crippen LogP contribution >= 0.6 is 0 Å². The molecule has 0 unspecified atom stereocenters. The number of hydrogen-bond donors (Lipinski definition) is 2. The Hall–Kier alpha value is -3.94. The summed E-state index contributed by atoms with van der Waals surface area (Å²) in [7, 11) is 1.60. The number of carbonyl (C=O) groups is 2. The van der Waals surface area contributed by atoms with Crippen molar-refractivity contribution in [2.45, 2.75) is 32.7 Å². The highest BCUT2D eigenvalue weighted by Gasteiger charge is 2.42. The van der Waals surface area contributed by atoms with Gasteiger partial charge in [0.1, 0.15) is 29.0 Å². The fourth-order valence-corrected chi connectivity index (χ4v) is 4.70. The molecule has 2 aromatic carbocycles. The van der Waals surface area contributed by atoms with Crippen molar-refractivity contribution in [2.24, 2.45) is 5.41 Å². The standard InChI is InChI=1S/C26H25FN4O3/c1-26(2)12-20-22(21(32)13-26)23(15-4-10-18(34-3)11-5-15)31-24(30-20)19(14-28-31)25(33)29-17-8-6-16(27)7-9-17/h4-11,14,23,30H,12-13H2,1-3H3,(H,29,33)/t23-/m0/s1. The molecule has 0 saturated heterocycles. The maximum atomic E-state index is 13.3. The summed E-state index contributed by atoms with van der Waals surface area (Å²) in [6.07, 6.45) is 2.60.